The molecule has 0 amide bonds. The summed E-state index contributed by atoms with van der Waals surface area (Å²) in [5, 5.41) is 0. The van der Waals surface area contributed by atoms with Crippen molar-refractivity contribution >= 4 is 15.9 Å². The number of halogens is 1. The molecule has 0 aliphatic heterocycles. The maximum Gasteiger partial charge on any atom is 0.0570 e. The van der Waals surface area contributed by atoms with Crippen molar-refractivity contribution in [1.82, 2.24) is 4.98 Å². The van der Waals surface area contributed by atoms with Gasteiger partial charge >= 0.3 is 0 Å². The number of hydrogen-bond donors (Lipinski definition) is 0. The smallest absolute Gasteiger partial charge is 0.0570 e. The summed E-state index contributed by atoms with van der Waals surface area (Å²) >= 11 is 3.49. The Morgan fingerprint density at radius 1 is 1.45 bits per heavy atom. The molecule has 0 radical (unpaired) electrons. The molecule has 0 fully saturated rings. The minimum Gasteiger partial charge on any atom is -0.260 e. The van der Waals surface area contributed by atoms with E-state index in [1.54, 1.807) is 0 Å². The second-order valence-electron chi connectivity index (χ2n) is 3.03. The van der Waals surface area contributed by atoms with Gasteiger partial charge in [-0.25, -0.2) is 0 Å². The van der Waals surface area contributed by atoms with E-state index in [0.29, 0.717) is 5.92 Å². The van der Waals surface area contributed by atoms with Crippen molar-refractivity contribution in [3.8, 4) is 0 Å². The Bertz CT molecular complexity index is 256. The standard InChI is InChI=1S/C9H12BrN/c1-6(2)9-8(10)4-7(3)5-11-9/h4-6H,1-3H3. The SMILES string of the molecule is Cc1cnc(C(C)C)c(Br)c1. The molecule has 0 spiro atoms. The largest absolute Gasteiger partial charge is 0.260 e. The summed E-state index contributed by atoms with van der Waals surface area (Å²) in [4.78, 5) is 4.33. The molecule has 2 heteroatoms. The Labute approximate surface area is 76.0 Å². The van der Waals surface area contributed by atoms with E-state index < -0.39 is 0 Å². The first-order chi connectivity index (χ1) is 5.11. The topological polar surface area (TPSA) is 12.9 Å². The Hall–Kier alpha value is -0.370. The highest BCUT2D eigenvalue weighted by molar-refractivity contribution is 9.10. The van der Waals surface area contributed by atoms with E-state index in [1.807, 2.05) is 13.1 Å². The Morgan fingerprint density at radius 2 is 2.09 bits per heavy atom. The van der Waals surface area contributed by atoms with Crippen LogP contribution in [0.4, 0.5) is 0 Å². The molecule has 11 heavy (non-hydrogen) atoms. The van der Waals surface area contributed by atoms with E-state index in [0.717, 1.165) is 10.2 Å². The van der Waals surface area contributed by atoms with Gasteiger partial charge in [-0.3, -0.25) is 4.98 Å². The van der Waals surface area contributed by atoms with Gasteiger partial charge in [-0.1, -0.05) is 13.8 Å². The van der Waals surface area contributed by atoms with Crippen LogP contribution >= 0.6 is 15.9 Å². The second kappa shape index (κ2) is 3.35. The number of aromatic nitrogens is 1. The molecule has 0 unspecified atom stereocenters. The molecule has 0 bridgehead atoms. The summed E-state index contributed by atoms with van der Waals surface area (Å²) in [6.07, 6.45) is 1.90. The first kappa shape index (κ1) is 8.72. The lowest BCUT2D eigenvalue weighted by Gasteiger charge is -2.06. The third-order valence-electron chi connectivity index (χ3n) is 1.55. The molecule has 1 aromatic heterocycles. The summed E-state index contributed by atoms with van der Waals surface area (Å²) in [6.45, 7) is 6.33. The average molecular weight is 214 g/mol. The fourth-order valence-electron chi connectivity index (χ4n) is 0.969. The monoisotopic (exact) mass is 213 g/mol. The van der Waals surface area contributed by atoms with Gasteiger partial charge in [0.05, 0.1) is 5.69 Å². The fourth-order valence-corrected chi connectivity index (χ4v) is 1.89. The van der Waals surface area contributed by atoms with Crippen LogP contribution in [0.15, 0.2) is 16.7 Å². The Balaban J connectivity index is 3.09. The van der Waals surface area contributed by atoms with Crippen LogP contribution in [0.3, 0.4) is 0 Å². The quantitative estimate of drug-likeness (QED) is 0.699. The molecule has 0 atom stereocenters. The van der Waals surface area contributed by atoms with Crippen molar-refractivity contribution in [2.75, 3.05) is 0 Å². The van der Waals surface area contributed by atoms with Crippen LogP contribution in [-0.2, 0) is 0 Å². The number of hydrogen-bond acceptors (Lipinski definition) is 1. The minimum absolute atomic E-state index is 0.491. The summed E-state index contributed by atoms with van der Waals surface area (Å²) in [6, 6.07) is 2.10. The molecule has 0 N–H and O–H groups in total. The summed E-state index contributed by atoms with van der Waals surface area (Å²) < 4.78 is 1.12. The molecule has 0 aromatic carbocycles. The van der Waals surface area contributed by atoms with Crippen molar-refractivity contribution in [2.45, 2.75) is 26.7 Å². The summed E-state index contributed by atoms with van der Waals surface area (Å²) in [5.41, 5.74) is 2.33. The van der Waals surface area contributed by atoms with Gasteiger partial charge in [-0.2, -0.15) is 0 Å². The Kier molecular flexibility index (Phi) is 2.66. The highest BCUT2D eigenvalue weighted by atomic mass is 79.9. The van der Waals surface area contributed by atoms with E-state index in [-0.39, 0.29) is 0 Å². The molecule has 1 nitrogen and oxygen atoms in total. The molecule has 60 valence electrons. The maximum atomic E-state index is 4.33. The van der Waals surface area contributed by atoms with Crippen molar-refractivity contribution in [3.63, 3.8) is 0 Å². The number of rotatable bonds is 1. The highest BCUT2D eigenvalue weighted by Gasteiger charge is 2.04. The van der Waals surface area contributed by atoms with E-state index in [1.165, 1.54) is 5.56 Å². The number of nitrogens with zero attached hydrogens (tertiary/aromatic N) is 1. The van der Waals surface area contributed by atoms with Crippen molar-refractivity contribution < 1.29 is 0 Å². The molecular formula is C9H12BrN. The predicted molar refractivity (Wildman–Crippen MR) is 50.8 cm³/mol. The third kappa shape index (κ3) is 2.03. The van der Waals surface area contributed by atoms with E-state index in [2.05, 4.69) is 40.8 Å². The van der Waals surface area contributed by atoms with Gasteiger partial charge in [0.1, 0.15) is 0 Å². The van der Waals surface area contributed by atoms with Gasteiger partial charge in [-0.05, 0) is 40.4 Å². The number of pyridine rings is 1. The lowest BCUT2D eigenvalue weighted by atomic mass is 10.1. The lowest BCUT2D eigenvalue weighted by Crippen LogP contribution is -1.93. The highest BCUT2D eigenvalue weighted by Crippen LogP contribution is 2.22. The Morgan fingerprint density at radius 3 is 2.55 bits per heavy atom. The number of aryl methyl sites for hydroxylation is 1. The third-order valence-corrected chi connectivity index (χ3v) is 2.19. The molecule has 1 rings (SSSR count). The molecule has 1 heterocycles. The van der Waals surface area contributed by atoms with E-state index in [9.17, 15) is 0 Å². The molecule has 1 aromatic rings. The van der Waals surface area contributed by atoms with Crippen LogP contribution < -0.4 is 0 Å². The normalized spacial score (nSPS) is 10.6. The van der Waals surface area contributed by atoms with Crippen LogP contribution in [-0.4, -0.2) is 4.98 Å². The molecule has 0 aliphatic rings. The van der Waals surface area contributed by atoms with Gasteiger partial charge in [0.15, 0.2) is 0 Å². The van der Waals surface area contributed by atoms with Crippen LogP contribution in [0.2, 0.25) is 0 Å². The van der Waals surface area contributed by atoms with Gasteiger partial charge in [0, 0.05) is 10.7 Å². The van der Waals surface area contributed by atoms with E-state index in [4.69, 9.17) is 0 Å². The first-order valence-corrected chi connectivity index (χ1v) is 4.52. The zero-order valence-corrected chi connectivity index (χ0v) is 8.64. The zero-order chi connectivity index (χ0) is 8.43. The van der Waals surface area contributed by atoms with Gasteiger partial charge in [-0.15, -0.1) is 0 Å². The molecular weight excluding hydrogens is 202 g/mol. The zero-order valence-electron chi connectivity index (χ0n) is 7.06. The summed E-state index contributed by atoms with van der Waals surface area (Å²) in [7, 11) is 0. The average Bonchev–Trinajstić information content (AvgIpc) is 1.85. The van der Waals surface area contributed by atoms with Crippen LogP contribution in [0.25, 0.3) is 0 Å². The van der Waals surface area contributed by atoms with Crippen LogP contribution in [0.1, 0.15) is 31.0 Å². The van der Waals surface area contributed by atoms with Crippen LogP contribution in [0, 0.1) is 6.92 Å². The maximum absolute atomic E-state index is 4.33. The van der Waals surface area contributed by atoms with Gasteiger partial charge in [0.25, 0.3) is 0 Å². The van der Waals surface area contributed by atoms with Crippen LogP contribution in [0.5, 0.6) is 0 Å². The summed E-state index contributed by atoms with van der Waals surface area (Å²) in [5.74, 6) is 0.491. The fraction of sp³-hybridized carbons (Fsp3) is 0.444. The predicted octanol–water partition coefficient (Wildman–Crippen LogP) is 3.28. The van der Waals surface area contributed by atoms with E-state index >= 15 is 0 Å². The minimum atomic E-state index is 0.491. The lowest BCUT2D eigenvalue weighted by molar-refractivity contribution is 0.814. The van der Waals surface area contributed by atoms with Crippen molar-refractivity contribution in [3.05, 3.63) is 28.0 Å². The van der Waals surface area contributed by atoms with Crippen molar-refractivity contribution in [2.24, 2.45) is 0 Å². The molecule has 0 saturated heterocycles. The molecule has 0 saturated carbocycles. The second-order valence-corrected chi connectivity index (χ2v) is 3.89. The van der Waals surface area contributed by atoms with Gasteiger partial charge in [0.2, 0.25) is 0 Å². The van der Waals surface area contributed by atoms with Gasteiger partial charge < -0.3 is 0 Å². The van der Waals surface area contributed by atoms with Crippen molar-refractivity contribution in [1.29, 1.82) is 0 Å². The molecule has 0 aliphatic carbocycles. The first-order valence-electron chi connectivity index (χ1n) is 3.73.